The van der Waals surface area contributed by atoms with Crippen LogP contribution >= 0.6 is 15.9 Å². The lowest BCUT2D eigenvalue weighted by Gasteiger charge is -1.99. The van der Waals surface area contributed by atoms with Crippen LogP contribution in [0.5, 0.6) is 0 Å². The second kappa shape index (κ2) is 6.17. The average Bonchev–Trinajstić information content (AvgIpc) is 2.42. The first-order valence-electron chi connectivity index (χ1n) is 5.79. The second-order valence-corrected chi connectivity index (χ2v) is 6.81. The number of allylic oxidation sites excluding steroid dienone is 1. The van der Waals surface area contributed by atoms with Crippen LogP contribution in [0.4, 0.5) is 0 Å². The lowest BCUT2D eigenvalue weighted by Crippen LogP contribution is -1.95. The molecule has 2 aromatic rings. The van der Waals surface area contributed by atoms with Crippen molar-refractivity contribution in [2.45, 2.75) is 11.3 Å². The van der Waals surface area contributed by atoms with Gasteiger partial charge in [-0.2, -0.15) is 0 Å². The minimum absolute atomic E-state index is 0.321. The van der Waals surface area contributed by atoms with Crippen molar-refractivity contribution in [2.24, 2.45) is 0 Å². The summed E-state index contributed by atoms with van der Waals surface area (Å²) in [7, 11) is -3.33. The lowest BCUT2D eigenvalue weighted by atomic mass is 10.2. The molecular formula is C15H13BrO2S. The van der Waals surface area contributed by atoms with Crippen LogP contribution in [0.3, 0.4) is 0 Å². The molecule has 0 aliphatic rings. The molecule has 0 aliphatic heterocycles. The quantitative estimate of drug-likeness (QED) is 0.846. The molecule has 0 saturated carbocycles. The predicted molar refractivity (Wildman–Crippen MR) is 80.6 cm³/mol. The van der Waals surface area contributed by atoms with Gasteiger partial charge in [0.2, 0.25) is 0 Å². The van der Waals surface area contributed by atoms with E-state index in [1.807, 2.05) is 24.3 Å². The van der Waals surface area contributed by atoms with Crippen molar-refractivity contribution in [3.63, 3.8) is 0 Å². The van der Waals surface area contributed by atoms with Crippen LogP contribution in [0.2, 0.25) is 0 Å². The van der Waals surface area contributed by atoms with Gasteiger partial charge >= 0.3 is 0 Å². The highest BCUT2D eigenvalue weighted by molar-refractivity contribution is 9.10. The fourth-order valence-electron chi connectivity index (χ4n) is 1.62. The Bertz CT molecular complexity index is 659. The maximum atomic E-state index is 12.0. The van der Waals surface area contributed by atoms with Gasteiger partial charge in [0.25, 0.3) is 0 Å². The zero-order chi connectivity index (χ0) is 13.7. The normalized spacial score (nSPS) is 11.8. The van der Waals surface area contributed by atoms with E-state index in [9.17, 15) is 8.42 Å². The molecule has 0 radical (unpaired) electrons. The number of halogens is 1. The Morgan fingerprint density at radius 1 is 0.947 bits per heavy atom. The number of rotatable bonds is 4. The summed E-state index contributed by atoms with van der Waals surface area (Å²) in [6.07, 6.45) is 2.27. The number of hydrogen-bond donors (Lipinski definition) is 0. The molecule has 0 N–H and O–H groups in total. The van der Waals surface area contributed by atoms with Gasteiger partial charge in [0, 0.05) is 9.88 Å². The van der Waals surface area contributed by atoms with E-state index in [2.05, 4.69) is 15.9 Å². The van der Waals surface area contributed by atoms with Gasteiger partial charge in [-0.3, -0.25) is 0 Å². The van der Waals surface area contributed by atoms with E-state index in [-0.39, 0.29) is 0 Å². The van der Waals surface area contributed by atoms with E-state index < -0.39 is 9.84 Å². The van der Waals surface area contributed by atoms with Gasteiger partial charge in [-0.15, -0.1) is 0 Å². The number of hydrogen-bond acceptors (Lipinski definition) is 2. The lowest BCUT2D eigenvalue weighted by molar-refractivity contribution is 0.604. The third-order valence-corrected chi connectivity index (χ3v) is 4.62. The van der Waals surface area contributed by atoms with Gasteiger partial charge in [-0.25, -0.2) is 8.42 Å². The van der Waals surface area contributed by atoms with Crippen LogP contribution in [0.1, 0.15) is 5.56 Å². The summed E-state index contributed by atoms with van der Waals surface area (Å²) in [6, 6.07) is 16.2. The number of sulfone groups is 1. The Morgan fingerprint density at radius 2 is 1.58 bits per heavy atom. The van der Waals surface area contributed by atoms with Crippen molar-refractivity contribution in [3.05, 3.63) is 76.1 Å². The topological polar surface area (TPSA) is 34.1 Å². The summed E-state index contributed by atoms with van der Waals surface area (Å²) >= 11 is 3.36. The molecular weight excluding hydrogens is 324 g/mol. The molecule has 0 spiro atoms. The number of benzene rings is 2. The summed E-state index contributed by atoms with van der Waals surface area (Å²) < 4.78 is 25.0. The first-order valence-corrected chi connectivity index (χ1v) is 8.13. The maximum Gasteiger partial charge on any atom is 0.199 e. The molecule has 2 rings (SSSR count). The summed E-state index contributed by atoms with van der Waals surface area (Å²) in [6.45, 7) is 0. The Kier molecular flexibility index (Phi) is 4.56. The molecule has 0 unspecified atom stereocenters. The molecule has 0 aliphatic carbocycles. The molecule has 0 saturated heterocycles. The molecule has 0 aromatic heterocycles. The Balaban J connectivity index is 2.09. The van der Waals surface area contributed by atoms with E-state index in [4.69, 9.17) is 0 Å². The smallest absolute Gasteiger partial charge is 0.199 e. The molecule has 0 fully saturated rings. The van der Waals surface area contributed by atoms with Crippen LogP contribution in [-0.4, -0.2) is 8.42 Å². The van der Waals surface area contributed by atoms with Gasteiger partial charge in [-0.05, 0) is 36.2 Å². The summed E-state index contributed by atoms with van der Waals surface area (Å²) in [5, 5.41) is 1.27. The minimum atomic E-state index is -3.33. The highest BCUT2D eigenvalue weighted by Crippen LogP contribution is 2.13. The van der Waals surface area contributed by atoms with E-state index in [1.165, 1.54) is 5.41 Å². The van der Waals surface area contributed by atoms with Crippen LogP contribution in [0, 0.1) is 0 Å². The summed E-state index contributed by atoms with van der Waals surface area (Å²) in [4.78, 5) is 0.321. The molecule has 2 nitrogen and oxygen atoms in total. The largest absolute Gasteiger partial charge is 0.219 e. The highest BCUT2D eigenvalue weighted by atomic mass is 79.9. The minimum Gasteiger partial charge on any atom is -0.219 e. The van der Waals surface area contributed by atoms with Crippen molar-refractivity contribution >= 4 is 25.8 Å². The molecule has 0 bridgehead atoms. The van der Waals surface area contributed by atoms with Crippen LogP contribution < -0.4 is 0 Å². The van der Waals surface area contributed by atoms with Crippen molar-refractivity contribution in [2.75, 3.05) is 0 Å². The van der Waals surface area contributed by atoms with Gasteiger partial charge < -0.3 is 0 Å². The Morgan fingerprint density at radius 3 is 2.21 bits per heavy atom. The van der Waals surface area contributed by atoms with Gasteiger partial charge in [0.05, 0.1) is 4.90 Å². The van der Waals surface area contributed by atoms with Crippen molar-refractivity contribution < 1.29 is 8.42 Å². The maximum absolute atomic E-state index is 12.0. The second-order valence-electron chi connectivity index (χ2n) is 4.06. The molecule has 2 aromatic carbocycles. The third kappa shape index (κ3) is 4.04. The standard InChI is InChI=1S/C15H13BrO2S/c16-14-10-8-13(9-11-14)5-4-12-19(17,18)15-6-2-1-3-7-15/h1-4,6-12H,5H2/b12-4+. The van der Waals surface area contributed by atoms with Crippen LogP contribution in [0.25, 0.3) is 0 Å². The average molecular weight is 337 g/mol. The first kappa shape index (κ1) is 14.0. The van der Waals surface area contributed by atoms with E-state index in [0.29, 0.717) is 11.3 Å². The van der Waals surface area contributed by atoms with E-state index in [1.54, 1.807) is 36.4 Å². The molecule has 4 heteroatoms. The van der Waals surface area contributed by atoms with Crippen molar-refractivity contribution in [1.82, 2.24) is 0 Å². The van der Waals surface area contributed by atoms with Gasteiger partial charge in [-0.1, -0.05) is 52.3 Å². The Hall–Kier alpha value is -1.39. The highest BCUT2D eigenvalue weighted by Gasteiger charge is 2.08. The van der Waals surface area contributed by atoms with Crippen LogP contribution in [0.15, 0.2) is 75.4 Å². The zero-order valence-electron chi connectivity index (χ0n) is 10.2. The Labute approximate surface area is 121 Å². The monoisotopic (exact) mass is 336 g/mol. The summed E-state index contributed by atoms with van der Waals surface area (Å²) in [5.74, 6) is 0. The first-order chi connectivity index (χ1) is 9.08. The third-order valence-electron chi connectivity index (χ3n) is 2.61. The molecule has 0 heterocycles. The van der Waals surface area contributed by atoms with Crippen LogP contribution in [-0.2, 0) is 16.3 Å². The molecule has 19 heavy (non-hydrogen) atoms. The van der Waals surface area contributed by atoms with E-state index in [0.717, 1.165) is 10.0 Å². The van der Waals surface area contributed by atoms with E-state index >= 15 is 0 Å². The fraction of sp³-hybridized carbons (Fsp3) is 0.0667. The fourth-order valence-corrected chi connectivity index (χ4v) is 2.93. The summed E-state index contributed by atoms with van der Waals surface area (Å²) in [5.41, 5.74) is 1.07. The van der Waals surface area contributed by atoms with Crippen molar-refractivity contribution in [1.29, 1.82) is 0 Å². The SMILES string of the molecule is O=S(=O)(/C=C/Cc1ccc(Br)cc1)c1ccccc1. The van der Waals surface area contributed by atoms with Gasteiger partial charge in [0.1, 0.15) is 0 Å². The zero-order valence-corrected chi connectivity index (χ0v) is 12.6. The van der Waals surface area contributed by atoms with Gasteiger partial charge in [0.15, 0.2) is 9.84 Å². The molecule has 0 atom stereocenters. The predicted octanol–water partition coefficient (Wildman–Crippen LogP) is 3.98. The molecule has 0 amide bonds. The molecule has 98 valence electrons. The van der Waals surface area contributed by atoms with Crippen molar-refractivity contribution in [3.8, 4) is 0 Å².